The van der Waals surface area contributed by atoms with Crippen LogP contribution in [0.2, 0.25) is 0 Å². The fraction of sp³-hybridized carbons (Fsp3) is 0.958. The van der Waals surface area contributed by atoms with Gasteiger partial charge in [0.1, 0.15) is 0 Å². The van der Waals surface area contributed by atoms with Crippen LogP contribution in [0.15, 0.2) is 0 Å². The number of likely N-dealkylation sites (N-methyl/N-ethyl adjacent to an activating group) is 1. The molecule has 0 aliphatic heterocycles. The highest BCUT2D eigenvalue weighted by molar-refractivity contribution is 5.75. The minimum absolute atomic E-state index is 0.203. The highest BCUT2D eigenvalue weighted by Crippen LogP contribution is 2.13. The van der Waals surface area contributed by atoms with E-state index in [4.69, 9.17) is 0 Å². The Labute approximate surface area is 171 Å². The van der Waals surface area contributed by atoms with Gasteiger partial charge in [-0.15, -0.1) is 0 Å². The molecule has 3 heteroatoms. The smallest absolute Gasteiger partial charge is 0.220 e. The summed E-state index contributed by atoms with van der Waals surface area (Å²) in [4.78, 5) is 11.5. The molecule has 0 radical (unpaired) electrons. The Morgan fingerprint density at radius 1 is 0.630 bits per heavy atom. The number of rotatable bonds is 20. The Bertz CT molecular complexity index is 328. The Balaban J connectivity index is 3.34. The number of hydrogen-bond donors (Lipinski definition) is 1. The van der Waals surface area contributed by atoms with E-state index in [0.717, 1.165) is 24.0 Å². The second-order valence-corrected chi connectivity index (χ2v) is 9.08. The molecule has 27 heavy (non-hydrogen) atoms. The number of quaternary nitrogens is 1. The third-order valence-electron chi connectivity index (χ3n) is 5.63. The van der Waals surface area contributed by atoms with Crippen LogP contribution in [-0.4, -0.2) is 44.1 Å². The summed E-state index contributed by atoms with van der Waals surface area (Å²) in [7, 11) is 4.57. The number of amides is 1. The normalized spacial score (nSPS) is 11.7. The fourth-order valence-corrected chi connectivity index (χ4v) is 3.66. The number of carbonyl (C=O) groups excluding carboxylic acids is 1. The van der Waals surface area contributed by atoms with E-state index >= 15 is 0 Å². The van der Waals surface area contributed by atoms with E-state index in [-0.39, 0.29) is 5.91 Å². The first-order valence-corrected chi connectivity index (χ1v) is 12.1. The standard InChI is InChI=1S/C24H50N2O/c1-5-7-8-9-10-11-12-13-14-15-16-17-18-19-22-26(3,4)23-21-25-24(27)20-6-2/h5-23H2,1-4H3/p+1. The van der Waals surface area contributed by atoms with Crippen LogP contribution in [0.1, 0.15) is 117 Å². The Morgan fingerprint density at radius 2 is 1.07 bits per heavy atom. The summed E-state index contributed by atoms with van der Waals surface area (Å²) >= 11 is 0. The van der Waals surface area contributed by atoms with Gasteiger partial charge in [0.2, 0.25) is 5.91 Å². The van der Waals surface area contributed by atoms with Gasteiger partial charge in [-0.05, 0) is 19.3 Å². The molecule has 0 aromatic heterocycles. The average Bonchev–Trinajstić information content (AvgIpc) is 2.62. The second kappa shape index (κ2) is 18.8. The summed E-state index contributed by atoms with van der Waals surface area (Å²) in [5.74, 6) is 0.203. The number of carbonyl (C=O) groups is 1. The van der Waals surface area contributed by atoms with Gasteiger partial charge >= 0.3 is 0 Å². The molecule has 0 atom stereocenters. The van der Waals surface area contributed by atoms with E-state index in [0.29, 0.717) is 6.42 Å². The Hall–Kier alpha value is -0.570. The molecule has 0 fully saturated rings. The number of nitrogens with one attached hydrogen (secondary N) is 1. The molecule has 0 unspecified atom stereocenters. The maximum atomic E-state index is 11.5. The summed E-state index contributed by atoms with van der Waals surface area (Å²) in [6, 6.07) is 0. The van der Waals surface area contributed by atoms with Gasteiger partial charge in [0.05, 0.1) is 33.7 Å². The van der Waals surface area contributed by atoms with E-state index in [1.807, 2.05) is 0 Å². The van der Waals surface area contributed by atoms with E-state index in [2.05, 4.69) is 33.3 Å². The molecule has 0 saturated carbocycles. The van der Waals surface area contributed by atoms with Crippen LogP contribution in [0.25, 0.3) is 0 Å². The van der Waals surface area contributed by atoms with Crippen molar-refractivity contribution in [3.63, 3.8) is 0 Å². The molecule has 0 spiro atoms. The predicted molar refractivity (Wildman–Crippen MR) is 120 cm³/mol. The van der Waals surface area contributed by atoms with Crippen molar-refractivity contribution >= 4 is 5.91 Å². The highest BCUT2D eigenvalue weighted by atomic mass is 16.1. The van der Waals surface area contributed by atoms with Crippen molar-refractivity contribution in [1.29, 1.82) is 0 Å². The molecule has 0 heterocycles. The Kier molecular flexibility index (Phi) is 18.4. The van der Waals surface area contributed by atoms with Crippen LogP contribution in [0, 0.1) is 0 Å². The third-order valence-corrected chi connectivity index (χ3v) is 5.63. The first-order chi connectivity index (χ1) is 13.0. The highest BCUT2D eigenvalue weighted by Gasteiger charge is 2.14. The van der Waals surface area contributed by atoms with E-state index < -0.39 is 0 Å². The van der Waals surface area contributed by atoms with Crippen LogP contribution in [-0.2, 0) is 4.79 Å². The molecule has 3 nitrogen and oxygen atoms in total. The summed E-state index contributed by atoms with van der Waals surface area (Å²) in [5.41, 5.74) is 0. The number of unbranched alkanes of at least 4 members (excludes halogenated alkanes) is 13. The van der Waals surface area contributed by atoms with Gasteiger partial charge in [0.15, 0.2) is 0 Å². The lowest BCUT2D eigenvalue weighted by Gasteiger charge is -2.30. The topological polar surface area (TPSA) is 29.1 Å². The van der Waals surface area contributed by atoms with E-state index in [1.54, 1.807) is 0 Å². The molecule has 0 aromatic carbocycles. The van der Waals surface area contributed by atoms with Gasteiger partial charge in [-0.25, -0.2) is 0 Å². The lowest BCUT2D eigenvalue weighted by Crippen LogP contribution is -2.45. The SMILES string of the molecule is CCCCCCCCCCCCCCCC[N+](C)(C)CCNC(=O)CCC. The zero-order chi connectivity index (χ0) is 20.2. The van der Waals surface area contributed by atoms with Crippen molar-refractivity contribution in [2.45, 2.75) is 117 Å². The minimum Gasteiger partial charge on any atom is -0.350 e. The quantitative estimate of drug-likeness (QED) is 0.190. The zero-order valence-corrected chi connectivity index (χ0v) is 19.3. The van der Waals surface area contributed by atoms with Crippen molar-refractivity contribution in [3.8, 4) is 0 Å². The summed E-state index contributed by atoms with van der Waals surface area (Å²) in [5, 5.41) is 3.04. The lowest BCUT2D eigenvalue weighted by molar-refractivity contribution is -0.889. The summed E-state index contributed by atoms with van der Waals surface area (Å²) < 4.78 is 1.02. The molecule has 0 rings (SSSR count). The van der Waals surface area contributed by atoms with Crippen LogP contribution >= 0.6 is 0 Å². The van der Waals surface area contributed by atoms with Crippen molar-refractivity contribution in [2.24, 2.45) is 0 Å². The van der Waals surface area contributed by atoms with Crippen LogP contribution < -0.4 is 5.32 Å². The van der Waals surface area contributed by atoms with Crippen LogP contribution in [0.3, 0.4) is 0 Å². The van der Waals surface area contributed by atoms with E-state index in [1.165, 1.54) is 96.4 Å². The average molecular weight is 384 g/mol. The van der Waals surface area contributed by atoms with Crippen molar-refractivity contribution in [1.82, 2.24) is 5.32 Å². The van der Waals surface area contributed by atoms with E-state index in [9.17, 15) is 4.79 Å². The molecule has 1 N–H and O–H groups in total. The van der Waals surface area contributed by atoms with Gasteiger partial charge in [-0.2, -0.15) is 0 Å². The molecule has 1 amide bonds. The van der Waals surface area contributed by atoms with Gasteiger partial charge in [0.25, 0.3) is 0 Å². The molecule has 0 aliphatic rings. The van der Waals surface area contributed by atoms with Gasteiger partial charge < -0.3 is 9.80 Å². The zero-order valence-electron chi connectivity index (χ0n) is 19.3. The largest absolute Gasteiger partial charge is 0.350 e. The lowest BCUT2D eigenvalue weighted by atomic mass is 10.0. The molecular weight excluding hydrogens is 332 g/mol. The molecule has 0 bridgehead atoms. The van der Waals surface area contributed by atoms with Crippen molar-refractivity contribution < 1.29 is 9.28 Å². The molecule has 0 aliphatic carbocycles. The maximum absolute atomic E-state index is 11.5. The maximum Gasteiger partial charge on any atom is 0.220 e. The second-order valence-electron chi connectivity index (χ2n) is 9.08. The predicted octanol–water partition coefficient (Wildman–Crippen LogP) is 6.46. The first kappa shape index (κ1) is 26.4. The summed E-state index contributed by atoms with van der Waals surface area (Å²) in [6.07, 6.45) is 21.4. The first-order valence-electron chi connectivity index (χ1n) is 12.1. The molecular formula is C24H51N2O+. The number of hydrogen-bond acceptors (Lipinski definition) is 1. The summed E-state index contributed by atoms with van der Waals surface area (Å²) in [6.45, 7) is 7.41. The fourth-order valence-electron chi connectivity index (χ4n) is 3.66. The molecule has 0 aromatic rings. The van der Waals surface area contributed by atoms with Crippen LogP contribution in [0.5, 0.6) is 0 Å². The number of nitrogens with zero attached hydrogens (tertiary/aromatic N) is 1. The van der Waals surface area contributed by atoms with Crippen molar-refractivity contribution in [2.75, 3.05) is 33.7 Å². The third kappa shape index (κ3) is 20.0. The Morgan fingerprint density at radius 3 is 1.52 bits per heavy atom. The van der Waals surface area contributed by atoms with Crippen LogP contribution in [0.4, 0.5) is 0 Å². The van der Waals surface area contributed by atoms with Gasteiger partial charge in [-0.3, -0.25) is 4.79 Å². The monoisotopic (exact) mass is 383 g/mol. The van der Waals surface area contributed by atoms with Gasteiger partial charge in [0, 0.05) is 6.42 Å². The van der Waals surface area contributed by atoms with Gasteiger partial charge in [-0.1, -0.05) is 90.9 Å². The molecule has 0 saturated heterocycles. The van der Waals surface area contributed by atoms with Crippen molar-refractivity contribution in [3.05, 3.63) is 0 Å². The minimum atomic E-state index is 0.203. The molecule has 162 valence electrons.